The Kier molecular flexibility index (Phi) is 3.63. The SMILES string of the molecule is CCC(F)(F)OCC(F)F. The molecular weight excluding hydrogens is 152 g/mol. The Hall–Kier alpha value is -0.320. The maximum atomic E-state index is 12.0. The summed E-state index contributed by atoms with van der Waals surface area (Å²) in [4.78, 5) is 0. The van der Waals surface area contributed by atoms with Gasteiger partial charge in [-0.1, -0.05) is 6.92 Å². The third-order valence-corrected chi connectivity index (χ3v) is 0.832. The molecule has 0 aromatic heterocycles. The van der Waals surface area contributed by atoms with E-state index in [1.807, 2.05) is 0 Å². The van der Waals surface area contributed by atoms with Crippen molar-refractivity contribution in [1.82, 2.24) is 0 Å². The van der Waals surface area contributed by atoms with E-state index in [0.717, 1.165) is 6.92 Å². The lowest BCUT2D eigenvalue weighted by atomic mass is 10.5. The van der Waals surface area contributed by atoms with E-state index >= 15 is 0 Å². The summed E-state index contributed by atoms with van der Waals surface area (Å²) in [5.41, 5.74) is 0. The zero-order valence-electron chi connectivity index (χ0n) is 5.41. The maximum Gasteiger partial charge on any atom is 0.355 e. The molecule has 0 saturated carbocycles. The second kappa shape index (κ2) is 3.75. The number of ether oxygens (including phenoxy) is 1. The third kappa shape index (κ3) is 4.55. The van der Waals surface area contributed by atoms with E-state index in [2.05, 4.69) is 4.74 Å². The quantitative estimate of drug-likeness (QED) is 0.573. The molecule has 0 N–H and O–H groups in total. The van der Waals surface area contributed by atoms with Crippen LogP contribution in [0, 0.1) is 0 Å². The molecule has 0 amide bonds. The Bertz CT molecular complexity index is 93.6. The zero-order valence-corrected chi connectivity index (χ0v) is 5.41. The van der Waals surface area contributed by atoms with Crippen LogP contribution in [0.5, 0.6) is 0 Å². The summed E-state index contributed by atoms with van der Waals surface area (Å²) in [6, 6.07) is 0. The largest absolute Gasteiger partial charge is 0.355 e. The summed E-state index contributed by atoms with van der Waals surface area (Å²) >= 11 is 0. The first kappa shape index (κ1) is 9.68. The van der Waals surface area contributed by atoms with E-state index in [1.54, 1.807) is 0 Å². The molecule has 0 aliphatic rings. The van der Waals surface area contributed by atoms with Gasteiger partial charge in [0.1, 0.15) is 6.61 Å². The summed E-state index contributed by atoms with van der Waals surface area (Å²) in [5.74, 6) is 0. The van der Waals surface area contributed by atoms with E-state index in [-0.39, 0.29) is 0 Å². The fraction of sp³-hybridized carbons (Fsp3) is 1.00. The predicted octanol–water partition coefficient (Wildman–Crippen LogP) is 2.27. The van der Waals surface area contributed by atoms with Crippen LogP contribution in [0.4, 0.5) is 17.6 Å². The lowest BCUT2D eigenvalue weighted by Gasteiger charge is -2.13. The molecule has 0 rings (SSSR count). The Balaban J connectivity index is 3.46. The molecule has 0 aromatic rings. The van der Waals surface area contributed by atoms with Gasteiger partial charge in [-0.05, 0) is 0 Å². The van der Waals surface area contributed by atoms with Gasteiger partial charge in [-0.15, -0.1) is 0 Å². The molecule has 0 fully saturated rings. The van der Waals surface area contributed by atoms with Gasteiger partial charge < -0.3 is 4.74 Å². The van der Waals surface area contributed by atoms with Crippen LogP contribution in [0.2, 0.25) is 0 Å². The molecule has 0 aliphatic carbocycles. The van der Waals surface area contributed by atoms with Crippen LogP contribution in [-0.4, -0.2) is 19.1 Å². The topological polar surface area (TPSA) is 9.23 Å². The van der Waals surface area contributed by atoms with Crippen LogP contribution in [0.3, 0.4) is 0 Å². The molecule has 0 radical (unpaired) electrons. The van der Waals surface area contributed by atoms with Gasteiger partial charge in [0.2, 0.25) is 0 Å². The van der Waals surface area contributed by atoms with Crippen molar-refractivity contribution in [2.24, 2.45) is 0 Å². The van der Waals surface area contributed by atoms with Gasteiger partial charge in [0.15, 0.2) is 0 Å². The molecule has 0 atom stereocenters. The molecule has 0 unspecified atom stereocenters. The second-order valence-electron chi connectivity index (χ2n) is 1.69. The number of alkyl halides is 4. The van der Waals surface area contributed by atoms with Crippen LogP contribution in [0.1, 0.15) is 13.3 Å². The molecule has 10 heavy (non-hydrogen) atoms. The summed E-state index contributed by atoms with van der Waals surface area (Å²) in [6.45, 7) is -0.0493. The minimum atomic E-state index is -3.41. The predicted molar refractivity (Wildman–Crippen MR) is 27.2 cm³/mol. The van der Waals surface area contributed by atoms with Gasteiger partial charge in [-0.3, -0.25) is 0 Å². The lowest BCUT2D eigenvalue weighted by Crippen LogP contribution is -2.22. The average molecular weight is 160 g/mol. The number of hydrogen-bond donors (Lipinski definition) is 0. The standard InChI is InChI=1S/C5H8F4O/c1-2-5(8,9)10-3-4(6)7/h4H,2-3H2,1H3. The van der Waals surface area contributed by atoms with Crippen LogP contribution < -0.4 is 0 Å². The van der Waals surface area contributed by atoms with E-state index in [0.29, 0.717) is 0 Å². The Morgan fingerprint density at radius 2 is 1.90 bits per heavy atom. The summed E-state index contributed by atoms with van der Waals surface area (Å²) < 4.78 is 50.0. The number of halogens is 4. The Labute approximate surface area is 56.0 Å². The monoisotopic (exact) mass is 160 g/mol. The van der Waals surface area contributed by atoms with Gasteiger partial charge in [-0.25, -0.2) is 8.78 Å². The van der Waals surface area contributed by atoms with Crippen molar-refractivity contribution in [3.05, 3.63) is 0 Å². The zero-order chi connectivity index (χ0) is 8.20. The van der Waals surface area contributed by atoms with Crippen molar-refractivity contribution in [3.8, 4) is 0 Å². The first-order valence-corrected chi connectivity index (χ1v) is 2.78. The first-order valence-electron chi connectivity index (χ1n) is 2.78. The highest BCUT2D eigenvalue weighted by atomic mass is 19.3. The van der Waals surface area contributed by atoms with Gasteiger partial charge >= 0.3 is 6.11 Å². The van der Waals surface area contributed by atoms with Crippen molar-refractivity contribution >= 4 is 0 Å². The van der Waals surface area contributed by atoms with Crippen LogP contribution in [0.15, 0.2) is 0 Å². The van der Waals surface area contributed by atoms with Gasteiger partial charge in [0, 0.05) is 6.42 Å². The summed E-state index contributed by atoms with van der Waals surface area (Å²) in [7, 11) is 0. The smallest absolute Gasteiger partial charge is 0.314 e. The van der Waals surface area contributed by atoms with Crippen molar-refractivity contribution in [2.45, 2.75) is 25.9 Å². The van der Waals surface area contributed by atoms with Crippen molar-refractivity contribution in [2.75, 3.05) is 6.61 Å². The van der Waals surface area contributed by atoms with Gasteiger partial charge in [-0.2, -0.15) is 8.78 Å². The molecule has 0 spiro atoms. The molecular formula is C5H8F4O. The molecule has 0 aliphatic heterocycles. The number of hydrogen-bond acceptors (Lipinski definition) is 1. The molecule has 0 aromatic carbocycles. The molecule has 0 saturated heterocycles. The van der Waals surface area contributed by atoms with Gasteiger partial charge in [0.25, 0.3) is 6.43 Å². The third-order valence-electron chi connectivity index (χ3n) is 0.832. The Morgan fingerprint density at radius 1 is 1.40 bits per heavy atom. The van der Waals surface area contributed by atoms with E-state index in [1.165, 1.54) is 0 Å². The average Bonchev–Trinajstić information content (AvgIpc) is 1.85. The fourth-order valence-electron chi connectivity index (χ4n) is 0.287. The lowest BCUT2D eigenvalue weighted by molar-refractivity contribution is -0.252. The highest BCUT2D eigenvalue weighted by Gasteiger charge is 2.28. The van der Waals surface area contributed by atoms with E-state index in [9.17, 15) is 17.6 Å². The van der Waals surface area contributed by atoms with Crippen molar-refractivity contribution in [1.29, 1.82) is 0 Å². The second-order valence-corrected chi connectivity index (χ2v) is 1.69. The molecule has 5 heteroatoms. The normalized spacial score (nSPS) is 12.6. The highest BCUT2D eigenvalue weighted by molar-refractivity contribution is 4.47. The van der Waals surface area contributed by atoms with E-state index in [4.69, 9.17) is 0 Å². The minimum absolute atomic E-state index is 0.584. The van der Waals surface area contributed by atoms with E-state index < -0.39 is 25.6 Å². The summed E-state index contributed by atoms with van der Waals surface area (Å²) in [5, 5.41) is 0. The Morgan fingerprint density at radius 3 is 2.20 bits per heavy atom. The number of rotatable bonds is 4. The molecule has 62 valence electrons. The molecule has 0 heterocycles. The molecule has 1 nitrogen and oxygen atoms in total. The van der Waals surface area contributed by atoms with Crippen LogP contribution >= 0.6 is 0 Å². The van der Waals surface area contributed by atoms with Crippen LogP contribution in [0.25, 0.3) is 0 Å². The fourth-order valence-corrected chi connectivity index (χ4v) is 0.287. The van der Waals surface area contributed by atoms with Crippen molar-refractivity contribution in [3.63, 3.8) is 0 Å². The maximum absolute atomic E-state index is 12.0. The van der Waals surface area contributed by atoms with Gasteiger partial charge in [0.05, 0.1) is 0 Å². The van der Waals surface area contributed by atoms with Crippen molar-refractivity contribution < 1.29 is 22.3 Å². The summed E-state index contributed by atoms with van der Waals surface area (Å²) in [6.07, 6.45) is -6.83. The highest BCUT2D eigenvalue weighted by Crippen LogP contribution is 2.19. The first-order chi connectivity index (χ1) is 4.48. The minimum Gasteiger partial charge on any atom is -0.314 e. The van der Waals surface area contributed by atoms with Crippen LogP contribution in [-0.2, 0) is 4.74 Å². The molecule has 0 bridgehead atoms.